The fourth-order valence-corrected chi connectivity index (χ4v) is 2.70. The van der Waals surface area contributed by atoms with Crippen LogP contribution in [0.2, 0.25) is 0 Å². The first-order chi connectivity index (χ1) is 9.75. The van der Waals surface area contributed by atoms with Crippen LogP contribution in [0, 0.1) is 0 Å². The van der Waals surface area contributed by atoms with Gasteiger partial charge in [0, 0.05) is 12.1 Å². The van der Waals surface area contributed by atoms with Crippen molar-refractivity contribution in [2.75, 3.05) is 27.2 Å². The number of oxime groups is 1. The minimum atomic E-state index is 0.638. The molecule has 2 aromatic carbocycles. The van der Waals surface area contributed by atoms with Gasteiger partial charge >= 0.3 is 0 Å². The van der Waals surface area contributed by atoms with Crippen LogP contribution >= 0.6 is 0 Å². The highest BCUT2D eigenvalue weighted by molar-refractivity contribution is 6.08. The van der Waals surface area contributed by atoms with Gasteiger partial charge in [-0.05, 0) is 43.3 Å². The molecular weight excluding hydrogens is 248 g/mol. The number of hydrogen-bond donors (Lipinski definition) is 0. The largest absolute Gasteiger partial charge is 0.394 e. The summed E-state index contributed by atoms with van der Waals surface area (Å²) < 4.78 is 0. The zero-order chi connectivity index (χ0) is 13.9. The molecule has 1 aliphatic rings. The third-order valence-corrected chi connectivity index (χ3v) is 3.77. The molecule has 0 aliphatic heterocycles. The van der Waals surface area contributed by atoms with Crippen molar-refractivity contribution in [3.8, 4) is 0 Å². The Morgan fingerprint density at radius 1 is 1.10 bits per heavy atom. The highest BCUT2D eigenvalue weighted by Gasteiger charge is 2.20. The smallest absolute Gasteiger partial charge is 0.129 e. The van der Waals surface area contributed by atoms with E-state index in [-0.39, 0.29) is 0 Å². The molecule has 0 radical (unpaired) electrons. The molecule has 0 amide bonds. The first-order valence-corrected chi connectivity index (χ1v) is 7.10. The lowest BCUT2D eigenvalue weighted by Gasteiger charge is -2.08. The molecule has 2 aromatic rings. The molecule has 3 nitrogen and oxygen atoms in total. The van der Waals surface area contributed by atoms with E-state index in [4.69, 9.17) is 4.84 Å². The predicted molar refractivity (Wildman–Crippen MR) is 83.3 cm³/mol. The van der Waals surface area contributed by atoms with Crippen LogP contribution in [0.3, 0.4) is 0 Å². The second-order valence-electron chi connectivity index (χ2n) is 5.49. The van der Waals surface area contributed by atoms with Crippen molar-refractivity contribution in [2.24, 2.45) is 5.16 Å². The van der Waals surface area contributed by atoms with Crippen molar-refractivity contribution in [1.82, 2.24) is 4.90 Å². The van der Waals surface area contributed by atoms with Gasteiger partial charge in [0.1, 0.15) is 6.61 Å². The van der Waals surface area contributed by atoms with E-state index in [2.05, 4.69) is 46.5 Å². The summed E-state index contributed by atoms with van der Waals surface area (Å²) in [5, 5.41) is 6.99. The van der Waals surface area contributed by atoms with Crippen LogP contribution in [0.1, 0.15) is 17.5 Å². The summed E-state index contributed by atoms with van der Waals surface area (Å²) in [4.78, 5) is 7.54. The predicted octanol–water partition coefficient (Wildman–Crippen LogP) is 3.07. The van der Waals surface area contributed by atoms with Gasteiger partial charge in [-0.3, -0.25) is 0 Å². The molecule has 0 bridgehead atoms. The summed E-state index contributed by atoms with van der Waals surface area (Å²) in [7, 11) is 4.07. The van der Waals surface area contributed by atoms with E-state index < -0.39 is 0 Å². The Balaban J connectivity index is 1.83. The topological polar surface area (TPSA) is 24.8 Å². The van der Waals surface area contributed by atoms with E-state index in [0.29, 0.717) is 6.61 Å². The van der Waals surface area contributed by atoms with Crippen LogP contribution in [0.15, 0.2) is 41.6 Å². The van der Waals surface area contributed by atoms with Gasteiger partial charge in [-0.2, -0.15) is 0 Å². The van der Waals surface area contributed by atoms with Crippen LogP contribution in [-0.4, -0.2) is 37.9 Å². The monoisotopic (exact) mass is 268 g/mol. The Bertz CT molecular complexity index is 646. The van der Waals surface area contributed by atoms with Gasteiger partial charge in [0.05, 0.1) is 5.71 Å². The molecule has 3 rings (SSSR count). The second kappa shape index (κ2) is 5.63. The van der Waals surface area contributed by atoms with Crippen molar-refractivity contribution < 1.29 is 4.84 Å². The first-order valence-electron chi connectivity index (χ1n) is 7.10. The zero-order valence-electron chi connectivity index (χ0n) is 12.1. The second-order valence-corrected chi connectivity index (χ2v) is 5.49. The van der Waals surface area contributed by atoms with Crippen LogP contribution in [0.25, 0.3) is 10.8 Å². The van der Waals surface area contributed by atoms with Gasteiger partial charge < -0.3 is 9.74 Å². The van der Waals surface area contributed by atoms with Gasteiger partial charge in [0.25, 0.3) is 0 Å². The van der Waals surface area contributed by atoms with E-state index in [1.54, 1.807) is 0 Å². The van der Waals surface area contributed by atoms with E-state index in [9.17, 15) is 0 Å². The zero-order valence-corrected chi connectivity index (χ0v) is 12.1. The normalized spacial score (nSPS) is 16.1. The average molecular weight is 268 g/mol. The lowest BCUT2D eigenvalue weighted by molar-refractivity contribution is 0.126. The highest BCUT2D eigenvalue weighted by atomic mass is 16.6. The minimum Gasteiger partial charge on any atom is -0.394 e. The standard InChI is InChI=1S/C17H20N2O/c1-19(2)11-12-20-18-17-10-9-15-14-6-4-3-5-13(14)7-8-16(15)17/h3-8H,9-12H2,1-2H3. The quantitative estimate of drug-likeness (QED) is 0.629. The fraction of sp³-hybridized carbons (Fsp3) is 0.353. The summed E-state index contributed by atoms with van der Waals surface area (Å²) >= 11 is 0. The molecule has 0 aromatic heterocycles. The summed E-state index contributed by atoms with van der Waals surface area (Å²) in [5.41, 5.74) is 3.76. The van der Waals surface area contributed by atoms with Crippen molar-refractivity contribution in [3.05, 3.63) is 47.5 Å². The Kier molecular flexibility index (Phi) is 3.70. The summed E-state index contributed by atoms with van der Waals surface area (Å²) in [5.74, 6) is 0. The Morgan fingerprint density at radius 2 is 1.95 bits per heavy atom. The molecule has 0 spiro atoms. The molecule has 1 aliphatic carbocycles. The lowest BCUT2D eigenvalue weighted by Crippen LogP contribution is -2.17. The molecule has 104 valence electrons. The van der Waals surface area contributed by atoms with Crippen molar-refractivity contribution in [1.29, 1.82) is 0 Å². The number of likely N-dealkylation sites (N-methyl/N-ethyl adjacent to an activating group) is 1. The van der Waals surface area contributed by atoms with E-state index in [1.807, 2.05) is 14.1 Å². The average Bonchev–Trinajstić information content (AvgIpc) is 2.87. The molecule has 0 unspecified atom stereocenters. The van der Waals surface area contributed by atoms with Crippen LogP contribution in [0.5, 0.6) is 0 Å². The highest BCUT2D eigenvalue weighted by Crippen LogP contribution is 2.30. The summed E-state index contributed by atoms with van der Waals surface area (Å²) in [6.45, 7) is 1.53. The van der Waals surface area contributed by atoms with Gasteiger partial charge in [-0.15, -0.1) is 0 Å². The number of aryl methyl sites for hydroxylation is 1. The van der Waals surface area contributed by atoms with Crippen molar-refractivity contribution in [3.63, 3.8) is 0 Å². The summed E-state index contributed by atoms with van der Waals surface area (Å²) in [6, 6.07) is 12.9. The molecule has 0 saturated carbocycles. The van der Waals surface area contributed by atoms with Crippen molar-refractivity contribution in [2.45, 2.75) is 12.8 Å². The summed E-state index contributed by atoms with van der Waals surface area (Å²) in [6.07, 6.45) is 2.04. The number of fused-ring (bicyclic) bond motifs is 3. The molecule has 0 saturated heterocycles. The molecular formula is C17H20N2O. The number of nitrogens with zero attached hydrogens (tertiary/aromatic N) is 2. The molecule has 0 fully saturated rings. The third kappa shape index (κ3) is 2.54. The van der Waals surface area contributed by atoms with Crippen molar-refractivity contribution >= 4 is 16.5 Å². The van der Waals surface area contributed by atoms with Gasteiger partial charge in [0.2, 0.25) is 0 Å². The van der Waals surface area contributed by atoms with E-state index in [1.165, 1.54) is 21.9 Å². The Hall–Kier alpha value is -1.87. The maximum absolute atomic E-state index is 5.44. The van der Waals surface area contributed by atoms with Gasteiger partial charge in [-0.1, -0.05) is 41.6 Å². The van der Waals surface area contributed by atoms with Crippen LogP contribution in [-0.2, 0) is 11.3 Å². The van der Waals surface area contributed by atoms with Crippen LogP contribution in [0.4, 0.5) is 0 Å². The fourth-order valence-electron chi connectivity index (χ4n) is 2.70. The molecule has 20 heavy (non-hydrogen) atoms. The number of benzene rings is 2. The SMILES string of the molecule is CN(C)CCON=C1CCc2c1ccc1ccccc21. The molecule has 0 N–H and O–H groups in total. The molecule has 0 heterocycles. The first kappa shape index (κ1) is 13.1. The van der Waals surface area contributed by atoms with E-state index in [0.717, 1.165) is 25.1 Å². The minimum absolute atomic E-state index is 0.638. The third-order valence-electron chi connectivity index (χ3n) is 3.77. The van der Waals surface area contributed by atoms with Gasteiger partial charge in [0.15, 0.2) is 0 Å². The Labute approximate surface area is 119 Å². The number of rotatable bonds is 4. The molecule has 3 heteroatoms. The number of hydrogen-bond acceptors (Lipinski definition) is 3. The Morgan fingerprint density at radius 3 is 2.80 bits per heavy atom. The van der Waals surface area contributed by atoms with Crippen LogP contribution < -0.4 is 0 Å². The maximum Gasteiger partial charge on any atom is 0.129 e. The van der Waals surface area contributed by atoms with Gasteiger partial charge in [-0.25, -0.2) is 0 Å². The lowest BCUT2D eigenvalue weighted by atomic mass is 10.0. The molecule has 0 atom stereocenters. The maximum atomic E-state index is 5.44. The van der Waals surface area contributed by atoms with E-state index >= 15 is 0 Å².